The monoisotopic (exact) mass is 165 g/mol. The lowest BCUT2D eigenvalue weighted by atomic mass is 10.7. The summed E-state index contributed by atoms with van der Waals surface area (Å²) in [4.78, 5) is 8.00. The Balaban J connectivity index is 0. The Morgan fingerprint density at radius 3 is 1.30 bits per heavy atom. The van der Waals surface area contributed by atoms with Crippen LogP contribution in [-0.2, 0) is 0 Å². The van der Waals surface area contributed by atoms with E-state index >= 15 is 0 Å². The Labute approximate surface area is 69.1 Å². The van der Waals surface area contributed by atoms with Crippen molar-refractivity contribution >= 4 is 18.4 Å². The third-order valence-corrected chi connectivity index (χ3v) is 1.000. The smallest absolute Gasteiger partial charge is 0.195 e. The van der Waals surface area contributed by atoms with E-state index in [0.717, 1.165) is 5.96 Å². The van der Waals surface area contributed by atoms with Gasteiger partial charge in [0.2, 0.25) is 0 Å². The van der Waals surface area contributed by atoms with Crippen LogP contribution in [-0.4, -0.2) is 51.0 Å². The first kappa shape index (κ1) is 12.3. The van der Waals surface area contributed by atoms with Crippen LogP contribution in [0.2, 0.25) is 0 Å². The van der Waals surface area contributed by atoms with Gasteiger partial charge in [-0.2, -0.15) is 0 Å². The van der Waals surface area contributed by atoms with E-state index < -0.39 is 0 Å². The van der Waals surface area contributed by atoms with Crippen molar-refractivity contribution < 1.29 is 0 Å². The zero-order chi connectivity index (χ0) is 7.44. The van der Waals surface area contributed by atoms with Crippen molar-refractivity contribution in [3.63, 3.8) is 0 Å². The lowest BCUT2D eigenvalue weighted by Crippen LogP contribution is -2.35. The van der Waals surface area contributed by atoms with Crippen LogP contribution in [0.25, 0.3) is 0 Å². The van der Waals surface area contributed by atoms with Crippen molar-refractivity contribution in [2.24, 2.45) is 4.99 Å². The number of guanidine groups is 1. The number of nitrogens with zero attached hydrogens (tertiary/aromatic N) is 3. The van der Waals surface area contributed by atoms with Gasteiger partial charge in [-0.25, -0.2) is 0 Å². The van der Waals surface area contributed by atoms with Crippen molar-refractivity contribution in [3.8, 4) is 0 Å². The van der Waals surface area contributed by atoms with Gasteiger partial charge in [0.15, 0.2) is 5.96 Å². The molecule has 0 N–H and O–H groups in total. The number of hydrogen-bond acceptors (Lipinski definition) is 1. The molecule has 0 aliphatic rings. The van der Waals surface area contributed by atoms with E-state index in [1.807, 2.05) is 38.0 Å². The molecule has 0 aromatic carbocycles. The van der Waals surface area contributed by atoms with E-state index in [2.05, 4.69) is 4.99 Å². The lowest BCUT2D eigenvalue weighted by Gasteiger charge is -2.21. The molecule has 4 heteroatoms. The second-order valence-corrected chi connectivity index (χ2v) is 2.31. The number of rotatable bonds is 0. The van der Waals surface area contributed by atoms with Crippen LogP contribution in [0, 0.1) is 0 Å². The predicted molar refractivity (Wildman–Crippen MR) is 48.0 cm³/mol. The Morgan fingerprint density at radius 2 is 1.30 bits per heavy atom. The molecular formula is C6H16ClN3. The van der Waals surface area contributed by atoms with E-state index in [1.165, 1.54) is 0 Å². The summed E-state index contributed by atoms with van der Waals surface area (Å²) in [5.41, 5.74) is 0. The molecule has 0 fully saturated rings. The average Bonchev–Trinajstić information content (AvgIpc) is 1.64. The SMILES string of the molecule is CN=C(N(C)C)N(C)C.Cl. The van der Waals surface area contributed by atoms with Crippen LogP contribution >= 0.6 is 12.4 Å². The van der Waals surface area contributed by atoms with Crippen LogP contribution < -0.4 is 0 Å². The fraction of sp³-hybridized carbons (Fsp3) is 0.833. The molecule has 0 amide bonds. The Bertz CT molecular complexity index is 99.6. The van der Waals surface area contributed by atoms with Crippen LogP contribution in [0.15, 0.2) is 4.99 Å². The highest BCUT2D eigenvalue weighted by Crippen LogP contribution is 1.85. The van der Waals surface area contributed by atoms with Crippen molar-refractivity contribution in [2.45, 2.75) is 0 Å². The second-order valence-electron chi connectivity index (χ2n) is 2.31. The molecule has 10 heavy (non-hydrogen) atoms. The van der Waals surface area contributed by atoms with Crippen LogP contribution in [0.1, 0.15) is 0 Å². The molecule has 3 nitrogen and oxygen atoms in total. The Morgan fingerprint density at radius 1 is 1.00 bits per heavy atom. The summed E-state index contributed by atoms with van der Waals surface area (Å²) in [7, 11) is 9.69. The average molecular weight is 166 g/mol. The summed E-state index contributed by atoms with van der Waals surface area (Å²) >= 11 is 0. The van der Waals surface area contributed by atoms with Gasteiger partial charge in [-0.3, -0.25) is 4.99 Å². The Kier molecular flexibility index (Phi) is 6.56. The largest absolute Gasteiger partial charge is 0.349 e. The van der Waals surface area contributed by atoms with Crippen LogP contribution in [0.5, 0.6) is 0 Å². The molecule has 0 saturated heterocycles. The van der Waals surface area contributed by atoms with E-state index in [9.17, 15) is 0 Å². The Hall–Kier alpha value is -0.440. The van der Waals surface area contributed by atoms with Gasteiger partial charge in [0.25, 0.3) is 0 Å². The molecule has 0 spiro atoms. The summed E-state index contributed by atoms with van der Waals surface area (Å²) in [6, 6.07) is 0. The first-order valence-electron chi connectivity index (χ1n) is 2.91. The molecule has 0 rings (SSSR count). The van der Waals surface area contributed by atoms with E-state index in [1.54, 1.807) is 7.05 Å². The molecule has 0 unspecified atom stereocenters. The molecule has 0 aliphatic carbocycles. The van der Waals surface area contributed by atoms with Gasteiger partial charge >= 0.3 is 0 Å². The van der Waals surface area contributed by atoms with E-state index in [0.29, 0.717) is 0 Å². The number of hydrogen-bond donors (Lipinski definition) is 0. The topological polar surface area (TPSA) is 18.8 Å². The highest BCUT2D eigenvalue weighted by Gasteiger charge is 1.99. The molecule has 0 saturated carbocycles. The van der Waals surface area contributed by atoms with Gasteiger partial charge in [0.05, 0.1) is 0 Å². The molecule has 0 aromatic rings. The fourth-order valence-electron chi connectivity index (χ4n) is 0.800. The number of aliphatic imine (C=N–C) groups is 1. The molecule has 0 aromatic heterocycles. The highest BCUT2D eigenvalue weighted by atomic mass is 35.5. The minimum atomic E-state index is 0. The normalized spacial score (nSPS) is 7.70. The quantitative estimate of drug-likeness (QED) is 0.385. The minimum absolute atomic E-state index is 0. The van der Waals surface area contributed by atoms with Gasteiger partial charge < -0.3 is 9.80 Å². The minimum Gasteiger partial charge on any atom is -0.349 e. The highest BCUT2D eigenvalue weighted by molar-refractivity contribution is 5.85. The first-order valence-corrected chi connectivity index (χ1v) is 2.91. The second kappa shape index (κ2) is 5.35. The molecule has 0 heterocycles. The zero-order valence-electron chi connectivity index (χ0n) is 7.25. The third kappa shape index (κ3) is 3.56. The van der Waals surface area contributed by atoms with Crippen molar-refractivity contribution in [1.82, 2.24) is 9.80 Å². The van der Waals surface area contributed by atoms with Crippen molar-refractivity contribution in [2.75, 3.05) is 35.2 Å². The van der Waals surface area contributed by atoms with E-state index in [4.69, 9.17) is 0 Å². The van der Waals surface area contributed by atoms with Gasteiger partial charge in [-0.05, 0) is 0 Å². The summed E-state index contributed by atoms with van der Waals surface area (Å²) in [6.45, 7) is 0. The maximum absolute atomic E-state index is 4.06. The standard InChI is InChI=1S/C6H15N3.ClH/c1-7-6(8(2)3)9(4)5;/h1-5H3;1H. The summed E-state index contributed by atoms with van der Waals surface area (Å²) < 4.78 is 0. The van der Waals surface area contributed by atoms with Gasteiger partial charge in [-0.1, -0.05) is 0 Å². The maximum atomic E-state index is 4.06. The predicted octanol–water partition coefficient (Wildman–Crippen LogP) is 0.517. The summed E-state index contributed by atoms with van der Waals surface area (Å²) in [5, 5.41) is 0. The lowest BCUT2D eigenvalue weighted by molar-refractivity contribution is 0.482. The molecule has 0 bridgehead atoms. The molecule has 0 radical (unpaired) electrons. The molecule has 62 valence electrons. The van der Waals surface area contributed by atoms with E-state index in [-0.39, 0.29) is 12.4 Å². The van der Waals surface area contributed by atoms with Crippen LogP contribution in [0.3, 0.4) is 0 Å². The number of halogens is 1. The summed E-state index contributed by atoms with van der Waals surface area (Å²) in [6.07, 6.45) is 0. The molecule has 0 atom stereocenters. The van der Waals surface area contributed by atoms with Crippen molar-refractivity contribution in [1.29, 1.82) is 0 Å². The van der Waals surface area contributed by atoms with Crippen LogP contribution in [0.4, 0.5) is 0 Å². The summed E-state index contributed by atoms with van der Waals surface area (Å²) in [5.74, 6) is 0.981. The van der Waals surface area contributed by atoms with Gasteiger partial charge in [-0.15, -0.1) is 12.4 Å². The molecule has 0 aliphatic heterocycles. The van der Waals surface area contributed by atoms with Gasteiger partial charge in [0, 0.05) is 35.2 Å². The fourth-order valence-corrected chi connectivity index (χ4v) is 0.800. The van der Waals surface area contributed by atoms with Gasteiger partial charge in [0.1, 0.15) is 0 Å². The third-order valence-electron chi connectivity index (χ3n) is 1.000. The van der Waals surface area contributed by atoms with Crippen molar-refractivity contribution in [3.05, 3.63) is 0 Å². The zero-order valence-corrected chi connectivity index (χ0v) is 8.07. The maximum Gasteiger partial charge on any atom is 0.195 e. The molecular weight excluding hydrogens is 150 g/mol. The first-order chi connectivity index (χ1) is 4.09.